The average molecular weight is 272 g/mol. The monoisotopic (exact) mass is 272 g/mol. The molecule has 0 aliphatic carbocycles. The lowest BCUT2D eigenvalue weighted by molar-refractivity contribution is 0.0694. The van der Waals surface area contributed by atoms with Crippen LogP contribution in [0.3, 0.4) is 0 Å². The highest BCUT2D eigenvalue weighted by Gasteiger charge is 2.21. The van der Waals surface area contributed by atoms with Crippen molar-refractivity contribution in [1.82, 2.24) is 9.78 Å². The zero-order valence-electron chi connectivity index (χ0n) is 12.0. The van der Waals surface area contributed by atoms with Gasteiger partial charge in [-0.2, -0.15) is 5.10 Å². The SMILES string of the molecule is CCCc1nn(Cc2ccccc2)c(CC)c1C(=O)O. The normalized spacial score (nSPS) is 10.7. The first-order valence-electron chi connectivity index (χ1n) is 7.03. The molecule has 0 radical (unpaired) electrons. The van der Waals surface area contributed by atoms with Crippen molar-refractivity contribution in [2.45, 2.75) is 39.7 Å². The van der Waals surface area contributed by atoms with Gasteiger partial charge in [-0.3, -0.25) is 4.68 Å². The quantitative estimate of drug-likeness (QED) is 0.879. The molecule has 20 heavy (non-hydrogen) atoms. The van der Waals surface area contributed by atoms with Crippen molar-refractivity contribution in [3.05, 3.63) is 52.8 Å². The molecular formula is C16H20N2O2. The van der Waals surface area contributed by atoms with Crippen molar-refractivity contribution in [3.8, 4) is 0 Å². The third-order valence-electron chi connectivity index (χ3n) is 3.34. The predicted molar refractivity (Wildman–Crippen MR) is 78.1 cm³/mol. The number of benzene rings is 1. The summed E-state index contributed by atoms with van der Waals surface area (Å²) in [5.74, 6) is -0.871. The molecule has 0 saturated heterocycles. The van der Waals surface area contributed by atoms with Crippen LogP contribution in [0.15, 0.2) is 30.3 Å². The lowest BCUT2D eigenvalue weighted by Crippen LogP contribution is -2.08. The van der Waals surface area contributed by atoms with E-state index >= 15 is 0 Å². The van der Waals surface area contributed by atoms with E-state index in [1.165, 1.54) is 0 Å². The minimum Gasteiger partial charge on any atom is -0.478 e. The van der Waals surface area contributed by atoms with E-state index in [1.807, 2.05) is 48.9 Å². The highest BCUT2D eigenvalue weighted by atomic mass is 16.4. The maximum absolute atomic E-state index is 11.5. The van der Waals surface area contributed by atoms with Crippen LogP contribution in [0.1, 0.15) is 47.6 Å². The Hall–Kier alpha value is -2.10. The number of hydrogen-bond acceptors (Lipinski definition) is 2. The van der Waals surface area contributed by atoms with Gasteiger partial charge in [-0.05, 0) is 18.4 Å². The summed E-state index contributed by atoms with van der Waals surface area (Å²) in [6, 6.07) is 9.99. The topological polar surface area (TPSA) is 55.1 Å². The number of aromatic carboxylic acids is 1. The molecule has 4 heteroatoms. The van der Waals surface area contributed by atoms with Crippen molar-refractivity contribution in [3.63, 3.8) is 0 Å². The molecule has 1 N–H and O–H groups in total. The van der Waals surface area contributed by atoms with E-state index < -0.39 is 5.97 Å². The summed E-state index contributed by atoms with van der Waals surface area (Å²) in [5.41, 5.74) is 3.03. The molecule has 1 heterocycles. The maximum atomic E-state index is 11.5. The summed E-state index contributed by atoms with van der Waals surface area (Å²) in [4.78, 5) is 11.5. The van der Waals surface area contributed by atoms with Gasteiger partial charge in [-0.15, -0.1) is 0 Å². The highest BCUT2D eigenvalue weighted by Crippen LogP contribution is 2.18. The van der Waals surface area contributed by atoms with E-state index in [0.717, 1.165) is 17.7 Å². The third-order valence-corrected chi connectivity index (χ3v) is 3.34. The average Bonchev–Trinajstić information content (AvgIpc) is 2.78. The maximum Gasteiger partial charge on any atom is 0.339 e. The van der Waals surface area contributed by atoms with Crippen LogP contribution in [0.25, 0.3) is 0 Å². The van der Waals surface area contributed by atoms with Crippen LogP contribution in [0, 0.1) is 0 Å². The van der Waals surface area contributed by atoms with Crippen LogP contribution in [0.2, 0.25) is 0 Å². The predicted octanol–water partition coefficient (Wildman–Crippen LogP) is 3.14. The molecule has 1 aromatic carbocycles. The summed E-state index contributed by atoms with van der Waals surface area (Å²) in [5, 5.41) is 14.0. The molecule has 0 atom stereocenters. The standard InChI is InChI=1S/C16H20N2O2/c1-3-8-13-15(16(19)20)14(4-2)18(17-13)11-12-9-6-5-7-10-12/h5-7,9-10H,3-4,8,11H2,1-2H3,(H,19,20). The molecule has 0 unspecified atom stereocenters. The Bertz CT molecular complexity index is 588. The van der Waals surface area contributed by atoms with E-state index in [0.29, 0.717) is 30.6 Å². The minimum absolute atomic E-state index is 0.394. The second kappa shape index (κ2) is 6.37. The van der Waals surface area contributed by atoms with Crippen molar-refractivity contribution in [1.29, 1.82) is 0 Å². The number of aromatic nitrogens is 2. The number of carboxylic acids is 1. The van der Waals surface area contributed by atoms with E-state index in [1.54, 1.807) is 0 Å². The van der Waals surface area contributed by atoms with E-state index in [9.17, 15) is 9.90 Å². The zero-order chi connectivity index (χ0) is 14.5. The van der Waals surface area contributed by atoms with Crippen LogP contribution in [0.5, 0.6) is 0 Å². The number of aryl methyl sites for hydroxylation is 1. The largest absolute Gasteiger partial charge is 0.478 e. The van der Waals surface area contributed by atoms with Gasteiger partial charge in [0.05, 0.1) is 17.9 Å². The van der Waals surface area contributed by atoms with Crippen molar-refractivity contribution < 1.29 is 9.90 Å². The van der Waals surface area contributed by atoms with Gasteiger partial charge < -0.3 is 5.11 Å². The highest BCUT2D eigenvalue weighted by molar-refractivity contribution is 5.90. The van der Waals surface area contributed by atoms with Crippen molar-refractivity contribution >= 4 is 5.97 Å². The summed E-state index contributed by atoms with van der Waals surface area (Å²) >= 11 is 0. The molecule has 0 saturated carbocycles. The van der Waals surface area contributed by atoms with Crippen LogP contribution >= 0.6 is 0 Å². The molecule has 0 aliphatic heterocycles. The number of rotatable bonds is 6. The molecular weight excluding hydrogens is 252 g/mol. The van der Waals surface area contributed by atoms with Gasteiger partial charge in [0.15, 0.2) is 0 Å². The van der Waals surface area contributed by atoms with Crippen LogP contribution in [0.4, 0.5) is 0 Å². The van der Waals surface area contributed by atoms with Gasteiger partial charge in [0.25, 0.3) is 0 Å². The van der Waals surface area contributed by atoms with Gasteiger partial charge in [0.1, 0.15) is 5.56 Å². The van der Waals surface area contributed by atoms with Gasteiger partial charge in [0.2, 0.25) is 0 Å². The lowest BCUT2D eigenvalue weighted by Gasteiger charge is -2.06. The fourth-order valence-electron chi connectivity index (χ4n) is 2.46. The Morgan fingerprint density at radius 2 is 1.95 bits per heavy atom. The molecule has 0 amide bonds. The molecule has 2 aromatic rings. The Morgan fingerprint density at radius 3 is 2.50 bits per heavy atom. The first-order chi connectivity index (χ1) is 9.67. The summed E-state index contributed by atoms with van der Waals surface area (Å²) in [6.45, 7) is 4.63. The molecule has 0 spiro atoms. The molecule has 0 fully saturated rings. The third kappa shape index (κ3) is 2.90. The van der Waals surface area contributed by atoms with Crippen molar-refractivity contribution in [2.75, 3.05) is 0 Å². The Kier molecular flexibility index (Phi) is 4.56. The van der Waals surface area contributed by atoms with Crippen LogP contribution in [-0.2, 0) is 19.4 Å². The van der Waals surface area contributed by atoms with Gasteiger partial charge in [0, 0.05) is 0 Å². The fourth-order valence-corrected chi connectivity index (χ4v) is 2.46. The van der Waals surface area contributed by atoms with Gasteiger partial charge >= 0.3 is 5.97 Å². The Balaban J connectivity index is 2.42. The zero-order valence-corrected chi connectivity index (χ0v) is 12.0. The summed E-state index contributed by atoms with van der Waals surface area (Å²) in [7, 11) is 0. The number of nitrogens with zero attached hydrogens (tertiary/aromatic N) is 2. The molecule has 2 rings (SSSR count). The first kappa shape index (κ1) is 14.3. The van der Waals surface area contributed by atoms with E-state index in [-0.39, 0.29) is 0 Å². The molecule has 0 bridgehead atoms. The number of carbonyl (C=O) groups is 1. The molecule has 106 valence electrons. The minimum atomic E-state index is -0.871. The fraction of sp³-hybridized carbons (Fsp3) is 0.375. The van der Waals surface area contributed by atoms with Gasteiger partial charge in [-0.1, -0.05) is 50.6 Å². The smallest absolute Gasteiger partial charge is 0.339 e. The summed E-state index contributed by atoms with van der Waals surface area (Å²) < 4.78 is 1.84. The van der Waals surface area contributed by atoms with E-state index in [2.05, 4.69) is 5.10 Å². The second-order valence-electron chi connectivity index (χ2n) is 4.82. The Morgan fingerprint density at radius 1 is 1.25 bits per heavy atom. The molecule has 1 aromatic heterocycles. The molecule has 0 aliphatic rings. The first-order valence-corrected chi connectivity index (χ1v) is 7.03. The number of hydrogen-bond donors (Lipinski definition) is 1. The Labute approximate surface area is 119 Å². The second-order valence-corrected chi connectivity index (χ2v) is 4.82. The van der Waals surface area contributed by atoms with Crippen LogP contribution in [-0.4, -0.2) is 20.9 Å². The van der Waals surface area contributed by atoms with E-state index in [4.69, 9.17) is 0 Å². The van der Waals surface area contributed by atoms with Crippen LogP contribution < -0.4 is 0 Å². The van der Waals surface area contributed by atoms with Crippen molar-refractivity contribution in [2.24, 2.45) is 0 Å². The number of carboxylic acid groups (broad SMARTS) is 1. The lowest BCUT2D eigenvalue weighted by atomic mass is 10.1. The van der Waals surface area contributed by atoms with Gasteiger partial charge in [-0.25, -0.2) is 4.79 Å². The molecule has 4 nitrogen and oxygen atoms in total. The summed E-state index contributed by atoms with van der Waals surface area (Å²) in [6.07, 6.45) is 2.27.